The lowest BCUT2D eigenvalue weighted by molar-refractivity contribution is 0.0144. The Morgan fingerprint density at radius 2 is 2.28 bits per heavy atom. The molecule has 3 unspecified atom stereocenters. The number of ether oxygens (including phenoxy) is 2. The van der Waals surface area contributed by atoms with Gasteiger partial charge in [-0.05, 0) is 12.8 Å². The quantitative estimate of drug-likeness (QED) is 0.645. The molecule has 4 rings (SSSR count). The van der Waals surface area contributed by atoms with Crippen molar-refractivity contribution in [2.75, 3.05) is 19.0 Å². The molecule has 0 saturated carbocycles. The minimum absolute atomic E-state index is 0.130. The molecule has 25 heavy (non-hydrogen) atoms. The van der Waals surface area contributed by atoms with Crippen LogP contribution in [0.15, 0.2) is 25.0 Å². The zero-order valence-corrected chi connectivity index (χ0v) is 14.6. The highest BCUT2D eigenvalue weighted by Gasteiger charge is 2.29. The van der Waals surface area contributed by atoms with Crippen molar-refractivity contribution in [1.29, 1.82) is 0 Å². The first-order chi connectivity index (χ1) is 12.2. The van der Waals surface area contributed by atoms with Gasteiger partial charge in [0, 0.05) is 12.4 Å². The van der Waals surface area contributed by atoms with E-state index >= 15 is 0 Å². The van der Waals surface area contributed by atoms with Crippen LogP contribution in [0.5, 0.6) is 5.88 Å². The van der Waals surface area contributed by atoms with E-state index in [1.165, 1.54) is 7.11 Å². The molecule has 0 spiro atoms. The predicted octanol–water partition coefficient (Wildman–Crippen LogP) is 1.01. The van der Waals surface area contributed by atoms with Crippen molar-refractivity contribution in [3.8, 4) is 5.88 Å². The number of fused-ring (bicyclic) bond motifs is 1. The molecule has 1 aliphatic rings. The van der Waals surface area contributed by atoms with Gasteiger partial charge in [0.15, 0.2) is 11.2 Å². The molecular weight excluding hydrogens is 345 g/mol. The summed E-state index contributed by atoms with van der Waals surface area (Å²) in [7, 11) is 1.83. The van der Waals surface area contributed by atoms with E-state index in [1.54, 1.807) is 29.8 Å². The van der Waals surface area contributed by atoms with Crippen LogP contribution in [0.25, 0.3) is 11.2 Å². The number of hydrogen-bond acceptors (Lipinski definition) is 8. The SMILES string of the molecule is COc1nc(N)nc2c1ncn2C1CCC(CPOn2ccnc2)O1. The summed E-state index contributed by atoms with van der Waals surface area (Å²) in [4.78, 5) is 16.6. The van der Waals surface area contributed by atoms with Crippen molar-refractivity contribution in [2.24, 2.45) is 0 Å². The van der Waals surface area contributed by atoms with Crippen LogP contribution in [-0.2, 0) is 4.74 Å². The topological polar surface area (TPSA) is 115 Å². The molecule has 0 amide bonds. The summed E-state index contributed by atoms with van der Waals surface area (Å²) < 4.78 is 20.4. The molecule has 0 radical (unpaired) electrons. The highest BCUT2D eigenvalue weighted by Crippen LogP contribution is 2.34. The maximum atomic E-state index is 6.13. The third kappa shape index (κ3) is 3.22. The van der Waals surface area contributed by atoms with Gasteiger partial charge in [-0.3, -0.25) is 4.57 Å². The van der Waals surface area contributed by atoms with E-state index in [9.17, 15) is 0 Å². The van der Waals surface area contributed by atoms with Gasteiger partial charge in [0.1, 0.15) is 21.4 Å². The molecule has 1 aliphatic heterocycles. The van der Waals surface area contributed by atoms with E-state index < -0.39 is 0 Å². The molecule has 2 N–H and O–H groups in total. The minimum atomic E-state index is -0.132. The zero-order chi connectivity index (χ0) is 17.2. The zero-order valence-electron chi connectivity index (χ0n) is 13.6. The van der Waals surface area contributed by atoms with Crippen LogP contribution in [0.2, 0.25) is 0 Å². The lowest BCUT2D eigenvalue weighted by Gasteiger charge is -2.15. The Labute approximate surface area is 145 Å². The lowest BCUT2D eigenvalue weighted by atomic mass is 10.2. The normalized spacial score (nSPS) is 20.7. The van der Waals surface area contributed by atoms with Gasteiger partial charge in [-0.25, -0.2) is 9.97 Å². The number of methoxy groups -OCH3 is 1. The Bertz CT molecular complexity index is 854. The maximum absolute atomic E-state index is 6.13. The highest BCUT2D eigenvalue weighted by atomic mass is 31.1. The molecular formula is C14H18N7O3P. The summed E-state index contributed by atoms with van der Waals surface area (Å²) in [5.74, 6) is 0.516. The summed E-state index contributed by atoms with van der Waals surface area (Å²) in [5, 5.41) is 0. The molecule has 1 fully saturated rings. The molecule has 11 heteroatoms. The Kier molecular flexibility index (Phi) is 4.37. The Balaban J connectivity index is 1.43. The van der Waals surface area contributed by atoms with Gasteiger partial charge in [0.2, 0.25) is 11.8 Å². The van der Waals surface area contributed by atoms with Crippen LogP contribution >= 0.6 is 8.81 Å². The van der Waals surface area contributed by atoms with E-state index in [-0.39, 0.29) is 18.3 Å². The van der Waals surface area contributed by atoms with Crippen LogP contribution in [-0.4, -0.2) is 48.6 Å². The van der Waals surface area contributed by atoms with Gasteiger partial charge in [-0.15, -0.1) is 0 Å². The summed E-state index contributed by atoms with van der Waals surface area (Å²) in [5.41, 5.74) is 6.95. The van der Waals surface area contributed by atoms with Crippen molar-refractivity contribution < 1.29 is 14.1 Å². The first kappa shape index (κ1) is 16.0. The Hall–Kier alpha value is -2.45. The first-order valence-electron chi connectivity index (χ1n) is 7.82. The molecule has 132 valence electrons. The molecule has 3 aromatic heterocycles. The van der Waals surface area contributed by atoms with Crippen LogP contribution in [0.4, 0.5) is 5.95 Å². The second-order valence-corrected chi connectivity index (χ2v) is 6.45. The summed E-state index contributed by atoms with van der Waals surface area (Å²) in [6.45, 7) is 0. The fourth-order valence-electron chi connectivity index (χ4n) is 2.81. The van der Waals surface area contributed by atoms with E-state index in [2.05, 4.69) is 19.9 Å². The highest BCUT2D eigenvalue weighted by molar-refractivity contribution is 7.32. The largest absolute Gasteiger partial charge is 0.479 e. The fraction of sp³-hybridized carbons (Fsp3) is 0.429. The second-order valence-electron chi connectivity index (χ2n) is 5.57. The van der Waals surface area contributed by atoms with Crippen LogP contribution < -0.4 is 15.1 Å². The average molecular weight is 363 g/mol. The van der Waals surface area contributed by atoms with Crippen LogP contribution in [0.1, 0.15) is 19.1 Å². The van der Waals surface area contributed by atoms with E-state index in [1.807, 2.05) is 4.57 Å². The van der Waals surface area contributed by atoms with Gasteiger partial charge >= 0.3 is 0 Å². The van der Waals surface area contributed by atoms with Crippen molar-refractivity contribution in [1.82, 2.24) is 29.2 Å². The summed E-state index contributed by atoms with van der Waals surface area (Å²) in [6, 6.07) is 0. The molecule has 0 aromatic carbocycles. The molecule has 0 bridgehead atoms. The molecule has 3 aromatic rings. The number of rotatable bonds is 6. The number of anilines is 1. The predicted molar refractivity (Wildman–Crippen MR) is 91.4 cm³/mol. The van der Waals surface area contributed by atoms with Crippen LogP contribution in [0.3, 0.4) is 0 Å². The van der Waals surface area contributed by atoms with Gasteiger partial charge < -0.3 is 19.8 Å². The third-order valence-corrected chi connectivity index (χ3v) is 4.92. The number of nitrogens with zero attached hydrogens (tertiary/aromatic N) is 6. The standard InChI is InChI=1S/C14H18N7O3P/c1-22-13-11-12(18-14(15)19-13)21(8-17-11)10-3-2-9(23-10)6-25-24-20-5-4-16-7-20/h4-5,7-10,25H,2-3,6H2,1H3,(H2,15,18,19). The number of nitrogens with two attached hydrogens (primary N) is 1. The molecule has 10 nitrogen and oxygen atoms in total. The van der Waals surface area contributed by atoms with Crippen molar-refractivity contribution >= 4 is 25.9 Å². The van der Waals surface area contributed by atoms with Gasteiger partial charge in [-0.1, -0.05) is 0 Å². The number of imidazole rings is 2. The minimum Gasteiger partial charge on any atom is -0.479 e. The molecule has 4 heterocycles. The monoisotopic (exact) mass is 363 g/mol. The van der Waals surface area contributed by atoms with Crippen molar-refractivity contribution in [3.63, 3.8) is 0 Å². The van der Waals surface area contributed by atoms with Gasteiger partial charge in [-0.2, -0.15) is 14.7 Å². The van der Waals surface area contributed by atoms with Gasteiger partial charge in [0.25, 0.3) is 0 Å². The molecule has 0 aliphatic carbocycles. The second kappa shape index (κ2) is 6.81. The van der Waals surface area contributed by atoms with E-state index in [0.717, 1.165) is 19.0 Å². The molecule has 1 saturated heterocycles. The van der Waals surface area contributed by atoms with E-state index in [4.69, 9.17) is 19.8 Å². The first-order valence-corrected chi connectivity index (χ1v) is 8.94. The Morgan fingerprint density at radius 1 is 1.36 bits per heavy atom. The van der Waals surface area contributed by atoms with E-state index in [0.29, 0.717) is 25.9 Å². The summed E-state index contributed by atoms with van der Waals surface area (Å²) in [6.07, 6.45) is 9.40. The smallest absolute Gasteiger partial charge is 0.246 e. The number of nitrogen functional groups attached to an aromatic ring is 1. The number of aromatic nitrogens is 6. The van der Waals surface area contributed by atoms with Crippen molar-refractivity contribution in [3.05, 3.63) is 25.0 Å². The number of hydrogen-bond donors (Lipinski definition) is 1. The average Bonchev–Trinajstić information content (AvgIpc) is 3.34. The van der Waals surface area contributed by atoms with Crippen molar-refractivity contribution in [2.45, 2.75) is 25.2 Å². The summed E-state index contributed by atoms with van der Waals surface area (Å²) >= 11 is 0. The maximum Gasteiger partial charge on any atom is 0.246 e. The lowest BCUT2D eigenvalue weighted by Crippen LogP contribution is -2.14. The Morgan fingerprint density at radius 3 is 3.08 bits per heavy atom. The third-order valence-electron chi connectivity index (χ3n) is 3.96. The van der Waals surface area contributed by atoms with Crippen LogP contribution in [0, 0.1) is 0 Å². The molecule has 3 atom stereocenters. The van der Waals surface area contributed by atoms with Gasteiger partial charge in [0.05, 0.1) is 25.7 Å². The fourth-order valence-corrected chi connectivity index (χ4v) is 3.62.